The molecule has 84 valence electrons. The van der Waals surface area contributed by atoms with E-state index < -0.39 is 0 Å². The van der Waals surface area contributed by atoms with Gasteiger partial charge in [0.2, 0.25) is 5.91 Å². The summed E-state index contributed by atoms with van der Waals surface area (Å²) in [5.74, 6) is -0.342. The van der Waals surface area contributed by atoms with Gasteiger partial charge in [0.25, 0.3) is 0 Å². The topological polar surface area (TPSA) is 63.8 Å². The number of fused-ring (bicyclic) bond motifs is 1. The SMILES string of the molecule is NC(=O)CCn1c(=S)[nH]c2cc(Cl)ccc21. The molecule has 0 saturated carbocycles. The van der Waals surface area contributed by atoms with E-state index >= 15 is 0 Å². The molecule has 0 atom stereocenters. The fourth-order valence-electron chi connectivity index (χ4n) is 1.58. The highest BCUT2D eigenvalue weighted by atomic mass is 35.5. The van der Waals surface area contributed by atoms with Crippen molar-refractivity contribution in [2.75, 3.05) is 0 Å². The normalized spacial score (nSPS) is 10.8. The number of nitrogens with one attached hydrogen (secondary N) is 1. The molecular weight excluding hydrogens is 246 g/mol. The van der Waals surface area contributed by atoms with Gasteiger partial charge in [0.1, 0.15) is 0 Å². The fraction of sp³-hybridized carbons (Fsp3) is 0.200. The number of nitrogens with two attached hydrogens (primary N) is 1. The summed E-state index contributed by atoms with van der Waals surface area (Å²) in [6.45, 7) is 0.482. The molecule has 0 radical (unpaired) electrons. The van der Waals surface area contributed by atoms with Gasteiger partial charge in [-0.3, -0.25) is 4.79 Å². The van der Waals surface area contributed by atoms with E-state index in [1.165, 1.54) is 0 Å². The van der Waals surface area contributed by atoms with Gasteiger partial charge in [0, 0.05) is 18.0 Å². The lowest BCUT2D eigenvalue weighted by Gasteiger charge is -2.01. The Kier molecular flexibility index (Phi) is 2.98. The van der Waals surface area contributed by atoms with E-state index in [0.29, 0.717) is 16.3 Å². The van der Waals surface area contributed by atoms with Crippen molar-refractivity contribution in [2.45, 2.75) is 13.0 Å². The number of halogens is 1. The summed E-state index contributed by atoms with van der Waals surface area (Å²) >= 11 is 11.0. The van der Waals surface area contributed by atoms with E-state index in [2.05, 4.69) is 4.98 Å². The van der Waals surface area contributed by atoms with Crippen molar-refractivity contribution in [2.24, 2.45) is 5.73 Å². The van der Waals surface area contributed by atoms with Crippen LogP contribution in [0.2, 0.25) is 5.02 Å². The van der Waals surface area contributed by atoms with Crippen LogP contribution in [-0.2, 0) is 11.3 Å². The molecule has 0 unspecified atom stereocenters. The number of hydrogen-bond donors (Lipinski definition) is 2. The van der Waals surface area contributed by atoms with Crippen molar-refractivity contribution in [3.05, 3.63) is 28.0 Å². The van der Waals surface area contributed by atoms with E-state index in [4.69, 9.17) is 29.6 Å². The van der Waals surface area contributed by atoms with Crippen molar-refractivity contribution in [1.82, 2.24) is 9.55 Å². The molecule has 1 heterocycles. The monoisotopic (exact) mass is 255 g/mol. The lowest BCUT2D eigenvalue weighted by molar-refractivity contribution is -0.118. The number of aromatic amines is 1. The Labute approximate surface area is 102 Å². The smallest absolute Gasteiger partial charge is 0.219 e. The molecule has 0 saturated heterocycles. The van der Waals surface area contributed by atoms with Crippen molar-refractivity contribution >= 4 is 40.8 Å². The summed E-state index contributed by atoms with van der Waals surface area (Å²) in [5.41, 5.74) is 6.90. The Bertz CT molecular complexity index is 602. The van der Waals surface area contributed by atoms with E-state index in [1.807, 2.05) is 10.6 Å². The molecule has 1 aromatic heterocycles. The van der Waals surface area contributed by atoms with Crippen LogP contribution >= 0.6 is 23.8 Å². The first-order valence-electron chi connectivity index (χ1n) is 4.74. The minimum Gasteiger partial charge on any atom is -0.370 e. The largest absolute Gasteiger partial charge is 0.370 e. The molecule has 1 amide bonds. The van der Waals surface area contributed by atoms with Gasteiger partial charge >= 0.3 is 0 Å². The van der Waals surface area contributed by atoms with Gasteiger partial charge in [0.15, 0.2) is 4.77 Å². The molecule has 0 aliphatic heterocycles. The maximum Gasteiger partial charge on any atom is 0.219 e. The number of aromatic nitrogens is 2. The lowest BCUT2D eigenvalue weighted by Crippen LogP contribution is -2.13. The summed E-state index contributed by atoms with van der Waals surface area (Å²) in [6, 6.07) is 5.45. The van der Waals surface area contributed by atoms with Gasteiger partial charge in [-0.15, -0.1) is 0 Å². The van der Waals surface area contributed by atoms with E-state index in [9.17, 15) is 4.79 Å². The second kappa shape index (κ2) is 4.27. The molecule has 2 aromatic rings. The van der Waals surface area contributed by atoms with Crippen LogP contribution in [0.4, 0.5) is 0 Å². The maximum absolute atomic E-state index is 10.7. The summed E-state index contributed by atoms with van der Waals surface area (Å²) in [7, 11) is 0. The summed E-state index contributed by atoms with van der Waals surface area (Å²) in [4.78, 5) is 13.8. The summed E-state index contributed by atoms with van der Waals surface area (Å²) < 4.78 is 2.41. The van der Waals surface area contributed by atoms with Crippen LogP contribution in [0.5, 0.6) is 0 Å². The molecule has 0 spiro atoms. The number of carbonyl (C=O) groups excluding carboxylic acids is 1. The number of amides is 1. The number of aryl methyl sites for hydroxylation is 1. The Morgan fingerprint density at radius 2 is 2.31 bits per heavy atom. The zero-order valence-electron chi connectivity index (χ0n) is 8.37. The molecule has 0 bridgehead atoms. The highest BCUT2D eigenvalue weighted by molar-refractivity contribution is 7.71. The number of hydrogen-bond acceptors (Lipinski definition) is 2. The van der Waals surface area contributed by atoms with Crippen molar-refractivity contribution < 1.29 is 4.79 Å². The molecule has 0 aliphatic rings. The summed E-state index contributed by atoms with van der Waals surface area (Å²) in [6.07, 6.45) is 0.268. The standard InChI is InChI=1S/C10H10ClN3OS/c11-6-1-2-8-7(5-6)13-10(16)14(8)4-3-9(12)15/h1-2,5H,3-4H2,(H2,12,15)(H,13,16). The van der Waals surface area contributed by atoms with Crippen LogP contribution in [0.1, 0.15) is 6.42 Å². The van der Waals surface area contributed by atoms with Crippen LogP contribution in [0.3, 0.4) is 0 Å². The van der Waals surface area contributed by atoms with Gasteiger partial charge in [-0.25, -0.2) is 0 Å². The minimum atomic E-state index is -0.342. The van der Waals surface area contributed by atoms with Gasteiger partial charge in [-0.05, 0) is 30.4 Å². The second-order valence-corrected chi connectivity index (χ2v) is 4.28. The van der Waals surface area contributed by atoms with E-state index in [-0.39, 0.29) is 12.3 Å². The van der Waals surface area contributed by atoms with Crippen molar-refractivity contribution in [1.29, 1.82) is 0 Å². The Balaban J connectivity index is 2.48. The lowest BCUT2D eigenvalue weighted by atomic mass is 10.3. The van der Waals surface area contributed by atoms with Crippen LogP contribution in [0.25, 0.3) is 11.0 Å². The zero-order chi connectivity index (χ0) is 11.7. The van der Waals surface area contributed by atoms with Crippen LogP contribution in [0, 0.1) is 4.77 Å². The van der Waals surface area contributed by atoms with Crippen LogP contribution in [-0.4, -0.2) is 15.5 Å². The van der Waals surface area contributed by atoms with Gasteiger partial charge in [0.05, 0.1) is 11.0 Å². The average Bonchev–Trinajstić information content (AvgIpc) is 2.50. The van der Waals surface area contributed by atoms with E-state index in [1.54, 1.807) is 12.1 Å². The van der Waals surface area contributed by atoms with Gasteiger partial charge in [-0.1, -0.05) is 11.6 Å². The first-order chi connectivity index (χ1) is 7.58. The number of imidazole rings is 1. The molecule has 2 rings (SSSR count). The zero-order valence-corrected chi connectivity index (χ0v) is 9.94. The van der Waals surface area contributed by atoms with E-state index in [0.717, 1.165) is 11.0 Å². The Hall–Kier alpha value is -1.33. The van der Waals surface area contributed by atoms with Gasteiger partial charge < -0.3 is 15.3 Å². The highest BCUT2D eigenvalue weighted by Gasteiger charge is 2.05. The highest BCUT2D eigenvalue weighted by Crippen LogP contribution is 2.19. The predicted octanol–water partition coefficient (Wildman–Crippen LogP) is 2.23. The third kappa shape index (κ3) is 2.10. The third-order valence-corrected chi connectivity index (χ3v) is 2.88. The molecule has 0 fully saturated rings. The number of nitrogens with zero attached hydrogens (tertiary/aromatic N) is 1. The van der Waals surface area contributed by atoms with Crippen molar-refractivity contribution in [3.8, 4) is 0 Å². The molecule has 6 heteroatoms. The third-order valence-electron chi connectivity index (χ3n) is 2.32. The number of benzene rings is 1. The quantitative estimate of drug-likeness (QED) is 0.826. The number of H-pyrrole nitrogens is 1. The molecule has 16 heavy (non-hydrogen) atoms. The molecule has 1 aromatic carbocycles. The van der Waals surface area contributed by atoms with Crippen LogP contribution in [0.15, 0.2) is 18.2 Å². The fourth-order valence-corrected chi connectivity index (χ4v) is 2.05. The Morgan fingerprint density at radius 1 is 1.56 bits per heavy atom. The Morgan fingerprint density at radius 3 is 3.00 bits per heavy atom. The average molecular weight is 256 g/mol. The molecule has 0 aliphatic carbocycles. The van der Waals surface area contributed by atoms with Crippen LogP contribution < -0.4 is 5.73 Å². The maximum atomic E-state index is 10.7. The minimum absolute atomic E-state index is 0.268. The number of rotatable bonds is 3. The molecule has 3 N–H and O–H groups in total. The van der Waals surface area contributed by atoms with Crippen molar-refractivity contribution in [3.63, 3.8) is 0 Å². The second-order valence-electron chi connectivity index (χ2n) is 3.46. The number of primary amides is 1. The first-order valence-corrected chi connectivity index (χ1v) is 5.53. The summed E-state index contributed by atoms with van der Waals surface area (Å²) in [5, 5.41) is 0.644. The first kappa shape index (κ1) is 11.2. The molecular formula is C10H10ClN3OS. The molecule has 4 nitrogen and oxygen atoms in total. The number of carbonyl (C=O) groups is 1. The van der Waals surface area contributed by atoms with Gasteiger partial charge in [-0.2, -0.15) is 0 Å². The predicted molar refractivity (Wildman–Crippen MR) is 65.9 cm³/mol.